The predicted molar refractivity (Wildman–Crippen MR) is 78.7 cm³/mol. The Morgan fingerprint density at radius 2 is 2.26 bits per heavy atom. The number of rotatable bonds is 2. The monoisotopic (exact) mass is 343 g/mol. The summed E-state index contributed by atoms with van der Waals surface area (Å²) in [5, 5.41) is -0.337. The molecule has 5 nitrogen and oxygen atoms in total. The number of hydrogen-bond donors (Lipinski definition) is 1. The topological polar surface area (TPSA) is 78.0 Å². The van der Waals surface area contributed by atoms with Crippen LogP contribution in [0.4, 0.5) is 5.95 Å². The molecule has 1 aliphatic heterocycles. The molecule has 2 N–H and O–H groups in total. The van der Waals surface area contributed by atoms with E-state index in [-0.39, 0.29) is 11.0 Å². The van der Waals surface area contributed by atoms with Crippen LogP contribution in [0.3, 0.4) is 0 Å². The summed E-state index contributed by atoms with van der Waals surface area (Å²) in [4.78, 5) is 4.28. The molecule has 2 heterocycles. The van der Waals surface area contributed by atoms with Gasteiger partial charge in [0.25, 0.3) is 0 Å². The van der Waals surface area contributed by atoms with Gasteiger partial charge in [-0.25, -0.2) is 13.4 Å². The summed E-state index contributed by atoms with van der Waals surface area (Å²) < 4.78 is 26.5. The van der Waals surface area contributed by atoms with Crippen LogP contribution in [0.5, 0.6) is 0 Å². The number of nitrogens with zero attached hydrogens (tertiary/aromatic N) is 2. The second-order valence-electron chi connectivity index (χ2n) is 4.84. The molecule has 0 saturated carbocycles. The van der Waals surface area contributed by atoms with Crippen molar-refractivity contribution in [1.29, 1.82) is 0 Å². The lowest BCUT2D eigenvalue weighted by Gasteiger charge is -2.12. The van der Waals surface area contributed by atoms with Crippen molar-refractivity contribution in [2.45, 2.75) is 24.6 Å². The van der Waals surface area contributed by atoms with Crippen LogP contribution >= 0.6 is 15.9 Å². The zero-order valence-corrected chi connectivity index (χ0v) is 12.6. The first-order chi connectivity index (χ1) is 8.97. The maximum Gasteiger partial charge on any atom is 0.201 e. The number of benzene rings is 1. The van der Waals surface area contributed by atoms with E-state index < -0.39 is 9.84 Å². The van der Waals surface area contributed by atoms with Crippen LogP contribution < -0.4 is 5.73 Å². The standard InChI is InChI=1S/C12H14BrN3O2S/c13-8-3-4-11-10(6-8)15-12(14)16(11)7-9-2-1-5-19(9,17)18/h3-4,6,9H,1-2,5,7H2,(H2,14,15). The number of sulfone groups is 1. The first kappa shape index (κ1) is 12.9. The molecule has 0 bridgehead atoms. The summed E-state index contributed by atoms with van der Waals surface area (Å²) in [5.41, 5.74) is 7.57. The molecule has 1 unspecified atom stereocenters. The van der Waals surface area contributed by atoms with E-state index in [2.05, 4.69) is 20.9 Å². The van der Waals surface area contributed by atoms with E-state index in [1.54, 1.807) is 4.57 Å². The van der Waals surface area contributed by atoms with Gasteiger partial charge < -0.3 is 10.3 Å². The van der Waals surface area contributed by atoms with Crippen molar-refractivity contribution in [2.24, 2.45) is 0 Å². The third-order valence-corrected chi connectivity index (χ3v) is 6.34. The molecule has 0 aliphatic carbocycles. The minimum absolute atomic E-state index is 0.287. The van der Waals surface area contributed by atoms with Crippen molar-refractivity contribution in [1.82, 2.24) is 9.55 Å². The molecule has 7 heteroatoms. The predicted octanol–water partition coefficient (Wildman–Crippen LogP) is 1.96. The van der Waals surface area contributed by atoms with Gasteiger partial charge in [0, 0.05) is 11.0 Å². The second kappa shape index (κ2) is 4.49. The summed E-state index contributed by atoms with van der Waals surface area (Å²) in [5.74, 6) is 0.658. The normalized spacial score (nSPS) is 22.1. The Bertz CT molecular complexity index is 739. The van der Waals surface area contributed by atoms with E-state index >= 15 is 0 Å². The Morgan fingerprint density at radius 3 is 2.95 bits per heavy atom. The van der Waals surface area contributed by atoms with Crippen LogP contribution in [0, 0.1) is 0 Å². The van der Waals surface area contributed by atoms with Crippen molar-refractivity contribution in [3.05, 3.63) is 22.7 Å². The number of nitrogens with two attached hydrogens (primary N) is 1. The number of hydrogen-bond acceptors (Lipinski definition) is 4. The Kier molecular flexibility index (Phi) is 3.05. The first-order valence-electron chi connectivity index (χ1n) is 6.10. The van der Waals surface area contributed by atoms with Gasteiger partial charge in [-0.3, -0.25) is 0 Å². The van der Waals surface area contributed by atoms with E-state index in [0.717, 1.165) is 21.9 Å². The maximum atomic E-state index is 11.9. The quantitative estimate of drug-likeness (QED) is 0.903. The molecule has 2 aromatic rings. The Hall–Kier alpha value is -1.08. The largest absolute Gasteiger partial charge is 0.369 e. The number of fused-ring (bicyclic) bond motifs is 1. The van der Waals surface area contributed by atoms with Gasteiger partial charge in [-0.2, -0.15) is 0 Å². The lowest BCUT2D eigenvalue weighted by atomic mass is 10.2. The molecule has 1 atom stereocenters. The van der Waals surface area contributed by atoms with E-state index in [0.29, 0.717) is 18.9 Å². The highest BCUT2D eigenvalue weighted by Crippen LogP contribution is 2.26. The van der Waals surface area contributed by atoms with Crippen LogP contribution in [-0.2, 0) is 16.4 Å². The second-order valence-corrected chi connectivity index (χ2v) is 8.16. The zero-order chi connectivity index (χ0) is 13.6. The fourth-order valence-electron chi connectivity index (χ4n) is 2.58. The molecular formula is C12H14BrN3O2S. The molecule has 1 aliphatic rings. The van der Waals surface area contributed by atoms with Gasteiger partial charge in [0.1, 0.15) is 0 Å². The zero-order valence-electron chi connectivity index (χ0n) is 10.2. The minimum Gasteiger partial charge on any atom is -0.369 e. The SMILES string of the molecule is Nc1nc2cc(Br)ccc2n1CC1CCCS1(=O)=O. The Balaban J connectivity index is 2.03. The molecule has 0 amide bonds. The molecule has 1 fully saturated rings. The highest BCUT2D eigenvalue weighted by Gasteiger charge is 2.32. The summed E-state index contributed by atoms with van der Waals surface area (Å²) >= 11 is 3.39. The van der Waals surface area contributed by atoms with Crippen molar-refractivity contribution < 1.29 is 8.42 Å². The van der Waals surface area contributed by atoms with E-state index in [1.165, 1.54) is 0 Å². The van der Waals surface area contributed by atoms with E-state index in [1.807, 2.05) is 18.2 Å². The number of anilines is 1. The molecule has 102 valence electrons. The number of imidazole rings is 1. The molecule has 1 saturated heterocycles. The maximum absolute atomic E-state index is 11.9. The smallest absolute Gasteiger partial charge is 0.201 e. The molecular weight excluding hydrogens is 330 g/mol. The van der Waals surface area contributed by atoms with Gasteiger partial charge in [0.2, 0.25) is 5.95 Å². The molecule has 1 aromatic carbocycles. The van der Waals surface area contributed by atoms with Crippen LogP contribution in [0.25, 0.3) is 11.0 Å². The average Bonchev–Trinajstić information content (AvgIpc) is 2.80. The van der Waals surface area contributed by atoms with E-state index in [9.17, 15) is 8.42 Å². The fraction of sp³-hybridized carbons (Fsp3) is 0.417. The molecule has 1 aromatic heterocycles. The number of halogens is 1. The van der Waals surface area contributed by atoms with Gasteiger partial charge in [-0.15, -0.1) is 0 Å². The van der Waals surface area contributed by atoms with Crippen LogP contribution in [0.15, 0.2) is 22.7 Å². The van der Waals surface area contributed by atoms with Crippen LogP contribution in [0.1, 0.15) is 12.8 Å². The fourth-order valence-corrected chi connectivity index (χ4v) is 4.73. The lowest BCUT2D eigenvalue weighted by molar-refractivity contribution is 0.571. The number of nitrogen functional groups attached to an aromatic ring is 1. The highest BCUT2D eigenvalue weighted by molar-refractivity contribution is 9.10. The Morgan fingerprint density at radius 1 is 1.47 bits per heavy atom. The van der Waals surface area contributed by atoms with Gasteiger partial charge in [-0.1, -0.05) is 15.9 Å². The molecule has 19 heavy (non-hydrogen) atoms. The van der Waals surface area contributed by atoms with Gasteiger partial charge in [0.15, 0.2) is 9.84 Å². The summed E-state index contributed by atoms with van der Waals surface area (Å²) in [6.45, 7) is 0.395. The van der Waals surface area contributed by atoms with Crippen LogP contribution in [-0.4, -0.2) is 29.0 Å². The third-order valence-electron chi connectivity index (χ3n) is 3.59. The van der Waals surface area contributed by atoms with Gasteiger partial charge in [0.05, 0.1) is 22.0 Å². The summed E-state index contributed by atoms with van der Waals surface area (Å²) in [6, 6.07) is 5.69. The molecule has 0 radical (unpaired) electrons. The molecule has 3 rings (SSSR count). The van der Waals surface area contributed by atoms with Gasteiger partial charge >= 0.3 is 0 Å². The van der Waals surface area contributed by atoms with Crippen LogP contribution in [0.2, 0.25) is 0 Å². The first-order valence-corrected chi connectivity index (χ1v) is 8.61. The van der Waals surface area contributed by atoms with Crippen molar-refractivity contribution >= 4 is 42.7 Å². The highest BCUT2D eigenvalue weighted by atomic mass is 79.9. The molecule has 0 spiro atoms. The third kappa shape index (κ3) is 2.25. The minimum atomic E-state index is -2.97. The Labute approximate surface area is 119 Å². The summed E-state index contributed by atoms with van der Waals surface area (Å²) in [6.07, 6.45) is 1.45. The average molecular weight is 344 g/mol. The lowest BCUT2D eigenvalue weighted by Crippen LogP contribution is -2.23. The van der Waals surface area contributed by atoms with Crippen molar-refractivity contribution in [3.8, 4) is 0 Å². The number of aromatic nitrogens is 2. The van der Waals surface area contributed by atoms with Crippen molar-refractivity contribution in [2.75, 3.05) is 11.5 Å². The van der Waals surface area contributed by atoms with Gasteiger partial charge in [-0.05, 0) is 31.0 Å². The van der Waals surface area contributed by atoms with Crippen molar-refractivity contribution in [3.63, 3.8) is 0 Å². The summed E-state index contributed by atoms with van der Waals surface area (Å²) in [7, 11) is -2.97. The van der Waals surface area contributed by atoms with E-state index in [4.69, 9.17) is 5.73 Å².